The fourth-order valence-electron chi connectivity index (χ4n) is 4.14. The highest BCUT2D eigenvalue weighted by Gasteiger charge is 2.34. The molecule has 8 nitrogen and oxygen atoms in total. The highest BCUT2D eigenvalue weighted by molar-refractivity contribution is 6.10. The average molecular weight is 420 g/mol. The number of amides is 1. The van der Waals surface area contributed by atoms with Crippen molar-refractivity contribution >= 4 is 17.7 Å². The van der Waals surface area contributed by atoms with E-state index >= 15 is 0 Å². The number of methoxy groups -OCH3 is 1. The molecule has 2 aliphatic heterocycles. The van der Waals surface area contributed by atoms with Crippen molar-refractivity contribution in [3.05, 3.63) is 59.7 Å². The summed E-state index contributed by atoms with van der Waals surface area (Å²) in [5, 5.41) is 0. The number of fused-ring (bicyclic) bond motifs is 1. The smallest absolute Gasteiger partial charge is 0.260 e. The van der Waals surface area contributed by atoms with Gasteiger partial charge < -0.3 is 15.4 Å². The normalized spacial score (nSPS) is 17.9. The van der Waals surface area contributed by atoms with Crippen LogP contribution in [-0.4, -0.2) is 47.1 Å². The van der Waals surface area contributed by atoms with E-state index in [0.717, 1.165) is 13.0 Å². The van der Waals surface area contributed by atoms with Gasteiger partial charge in [0.1, 0.15) is 17.4 Å². The van der Waals surface area contributed by atoms with Gasteiger partial charge in [-0.05, 0) is 30.7 Å². The number of rotatable bonds is 4. The molecule has 9 heteroatoms. The summed E-state index contributed by atoms with van der Waals surface area (Å²) in [7, 11) is 1.48. The van der Waals surface area contributed by atoms with Crippen molar-refractivity contribution in [2.75, 3.05) is 30.0 Å². The minimum atomic E-state index is -0.458. The summed E-state index contributed by atoms with van der Waals surface area (Å²) in [6.45, 7) is 1.68. The summed E-state index contributed by atoms with van der Waals surface area (Å²) < 4.78 is 20.1. The molecule has 0 radical (unpaired) electrons. The molecule has 3 aromatic rings. The van der Waals surface area contributed by atoms with E-state index in [1.165, 1.54) is 19.4 Å². The number of anilines is 2. The predicted molar refractivity (Wildman–Crippen MR) is 114 cm³/mol. The number of carbonyl (C=O) groups excluding carboxylic acids is 1. The highest BCUT2D eigenvalue weighted by atomic mass is 19.1. The molecule has 31 heavy (non-hydrogen) atoms. The van der Waals surface area contributed by atoms with Gasteiger partial charge in [0.05, 0.1) is 24.9 Å². The SMILES string of the molecule is COc1cccc(F)c1-c1nccc2c1CN(c1ccnc(N3CC[C@H](N)C3)n1)C2=O. The summed E-state index contributed by atoms with van der Waals surface area (Å²) in [5.74, 6) is 0.723. The summed E-state index contributed by atoms with van der Waals surface area (Å²) >= 11 is 0. The Balaban J connectivity index is 1.53. The quantitative estimate of drug-likeness (QED) is 0.692. The van der Waals surface area contributed by atoms with Crippen molar-refractivity contribution in [3.63, 3.8) is 0 Å². The lowest BCUT2D eigenvalue weighted by Crippen LogP contribution is -2.29. The predicted octanol–water partition coefficient (Wildman–Crippen LogP) is 2.38. The minimum Gasteiger partial charge on any atom is -0.496 e. The largest absolute Gasteiger partial charge is 0.496 e. The van der Waals surface area contributed by atoms with E-state index < -0.39 is 5.82 Å². The number of halogens is 1. The van der Waals surface area contributed by atoms with Crippen LogP contribution in [0.25, 0.3) is 11.3 Å². The van der Waals surface area contributed by atoms with Gasteiger partial charge in [0.2, 0.25) is 5.95 Å². The van der Waals surface area contributed by atoms with Crippen LogP contribution in [0.1, 0.15) is 22.3 Å². The van der Waals surface area contributed by atoms with Gasteiger partial charge in [0.15, 0.2) is 0 Å². The van der Waals surface area contributed by atoms with Crippen LogP contribution in [-0.2, 0) is 6.54 Å². The number of benzene rings is 1. The molecule has 1 amide bonds. The topological polar surface area (TPSA) is 97.5 Å². The van der Waals surface area contributed by atoms with Gasteiger partial charge in [-0.2, -0.15) is 4.98 Å². The van der Waals surface area contributed by atoms with Gasteiger partial charge in [0, 0.05) is 42.7 Å². The first-order valence-electron chi connectivity index (χ1n) is 10.0. The maximum atomic E-state index is 14.7. The Morgan fingerprint density at radius 1 is 1.19 bits per heavy atom. The molecule has 1 saturated heterocycles. The molecule has 0 spiro atoms. The molecule has 0 saturated carbocycles. The van der Waals surface area contributed by atoms with Crippen molar-refractivity contribution in [1.29, 1.82) is 0 Å². The lowest BCUT2D eigenvalue weighted by Gasteiger charge is -2.19. The first kappa shape index (κ1) is 19.4. The van der Waals surface area contributed by atoms with Gasteiger partial charge in [-0.25, -0.2) is 9.37 Å². The second kappa shape index (κ2) is 7.59. The second-order valence-corrected chi connectivity index (χ2v) is 7.60. The molecular formula is C22H21FN6O2. The first-order valence-corrected chi connectivity index (χ1v) is 10.0. The highest BCUT2D eigenvalue weighted by Crippen LogP contribution is 2.38. The third kappa shape index (κ3) is 3.27. The summed E-state index contributed by atoms with van der Waals surface area (Å²) in [6, 6.07) is 8.03. The van der Waals surface area contributed by atoms with Crippen molar-refractivity contribution in [3.8, 4) is 17.0 Å². The molecule has 4 heterocycles. The zero-order valence-electron chi connectivity index (χ0n) is 17.0. The lowest BCUT2D eigenvalue weighted by molar-refractivity contribution is 0.0996. The van der Waals surface area contributed by atoms with Crippen LogP contribution in [0.5, 0.6) is 5.75 Å². The van der Waals surface area contributed by atoms with E-state index in [4.69, 9.17) is 10.5 Å². The van der Waals surface area contributed by atoms with Gasteiger partial charge in [-0.1, -0.05) is 6.07 Å². The van der Waals surface area contributed by atoms with Crippen molar-refractivity contribution in [2.24, 2.45) is 5.73 Å². The summed E-state index contributed by atoms with van der Waals surface area (Å²) in [4.78, 5) is 30.1. The van der Waals surface area contributed by atoms with Crippen LogP contribution in [0.15, 0.2) is 42.7 Å². The maximum Gasteiger partial charge on any atom is 0.260 e. The Morgan fingerprint density at radius 2 is 2.03 bits per heavy atom. The fourth-order valence-corrected chi connectivity index (χ4v) is 4.14. The minimum absolute atomic E-state index is 0.0920. The maximum absolute atomic E-state index is 14.7. The van der Waals surface area contributed by atoms with E-state index in [-0.39, 0.29) is 24.1 Å². The Hall–Kier alpha value is -3.59. The Morgan fingerprint density at radius 3 is 2.81 bits per heavy atom. The molecule has 1 aromatic carbocycles. The van der Waals surface area contributed by atoms with Gasteiger partial charge in [-0.15, -0.1) is 0 Å². The molecule has 0 bridgehead atoms. The number of nitrogens with two attached hydrogens (primary N) is 1. The molecule has 2 aliphatic rings. The molecule has 1 atom stereocenters. The molecule has 0 unspecified atom stereocenters. The standard InChI is InChI=1S/C22H21FN6O2/c1-31-17-4-2-3-16(23)19(17)20-15-12-29(21(30)14(15)5-8-25-20)18-6-9-26-22(27-18)28-10-7-13(24)11-28/h2-6,8-9,13H,7,10-12,24H2,1H3/t13-/m0/s1. The van der Waals surface area contributed by atoms with E-state index in [1.54, 1.807) is 35.4 Å². The van der Waals surface area contributed by atoms with Crippen molar-refractivity contribution in [1.82, 2.24) is 15.0 Å². The summed E-state index contributed by atoms with van der Waals surface area (Å²) in [6.07, 6.45) is 4.02. The van der Waals surface area contributed by atoms with Crippen LogP contribution in [0.3, 0.4) is 0 Å². The first-order chi connectivity index (χ1) is 15.1. The fraction of sp³-hybridized carbons (Fsp3) is 0.273. The molecule has 1 fully saturated rings. The number of hydrogen-bond acceptors (Lipinski definition) is 7. The van der Waals surface area contributed by atoms with Gasteiger partial charge in [0.25, 0.3) is 5.91 Å². The summed E-state index contributed by atoms with van der Waals surface area (Å²) in [5.41, 5.74) is 7.74. The third-order valence-electron chi connectivity index (χ3n) is 5.69. The Bertz CT molecular complexity index is 1170. The third-order valence-corrected chi connectivity index (χ3v) is 5.69. The van der Waals surface area contributed by atoms with E-state index in [2.05, 4.69) is 15.0 Å². The van der Waals surface area contributed by atoms with Crippen LogP contribution in [0, 0.1) is 5.82 Å². The lowest BCUT2D eigenvalue weighted by atomic mass is 10.0. The number of hydrogen-bond donors (Lipinski definition) is 1. The second-order valence-electron chi connectivity index (χ2n) is 7.60. The van der Waals surface area contributed by atoms with Gasteiger partial charge >= 0.3 is 0 Å². The molecular weight excluding hydrogens is 399 g/mol. The molecule has 2 aromatic heterocycles. The van der Waals surface area contributed by atoms with Crippen LogP contribution < -0.4 is 20.3 Å². The van der Waals surface area contributed by atoms with Gasteiger partial charge in [-0.3, -0.25) is 14.7 Å². The van der Waals surface area contributed by atoms with E-state index in [0.29, 0.717) is 40.9 Å². The molecule has 158 valence electrons. The number of nitrogens with zero attached hydrogens (tertiary/aromatic N) is 5. The zero-order valence-corrected chi connectivity index (χ0v) is 17.0. The van der Waals surface area contributed by atoms with E-state index in [1.807, 2.05) is 4.90 Å². The number of pyridine rings is 1. The monoisotopic (exact) mass is 420 g/mol. The van der Waals surface area contributed by atoms with Crippen molar-refractivity contribution in [2.45, 2.75) is 19.0 Å². The molecule has 0 aliphatic carbocycles. The zero-order chi connectivity index (χ0) is 21.5. The number of carbonyl (C=O) groups is 1. The number of aromatic nitrogens is 3. The van der Waals surface area contributed by atoms with Crippen molar-refractivity contribution < 1.29 is 13.9 Å². The molecule has 2 N–H and O–H groups in total. The van der Waals surface area contributed by atoms with Crippen LogP contribution >= 0.6 is 0 Å². The van der Waals surface area contributed by atoms with Crippen LogP contribution in [0.4, 0.5) is 16.2 Å². The average Bonchev–Trinajstić information content (AvgIpc) is 3.37. The van der Waals surface area contributed by atoms with E-state index in [9.17, 15) is 9.18 Å². The van der Waals surface area contributed by atoms with Crippen LogP contribution in [0.2, 0.25) is 0 Å². The molecule has 5 rings (SSSR count). The number of ether oxygens (including phenoxy) is 1. The Labute approximate surface area is 178 Å². The Kier molecular flexibility index (Phi) is 4.74.